The fourth-order valence-electron chi connectivity index (χ4n) is 2.08. The van der Waals surface area contributed by atoms with Crippen LogP contribution in [0.4, 0.5) is 0 Å². The first kappa shape index (κ1) is 24.6. The van der Waals surface area contributed by atoms with E-state index in [1.54, 1.807) is 0 Å². The van der Waals surface area contributed by atoms with Crippen molar-refractivity contribution in [2.45, 2.75) is 90.9 Å². The third-order valence-corrected chi connectivity index (χ3v) is 4.18. The molecule has 0 fully saturated rings. The van der Waals surface area contributed by atoms with E-state index >= 15 is 0 Å². The fourth-order valence-corrected chi connectivity index (χ4v) is 2.71. The number of hydrogen-bond acceptors (Lipinski definition) is 3. The second-order valence-corrected chi connectivity index (χ2v) is 6.39. The summed E-state index contributed by atoms with van der Waals surface area (Å²) in [6.07, 6.45) is 14.6. The maximum atomic E-state index is 11.4. The third-order valence-electron chi connectivity index (χ3n) is 3.39. The van der Waals surface area contributed by atoms with Gasteiger partial charge in [-0.1, -0.05) is 78.1 Å². The Hall–Kier alpha value is 1.37. The van der Waals surface area contributed by atoms with Crippen LogP contribution in [0, 0.1) is 40.8 Å². The van der Waals surface area contributed by atoms with Gasteiger partial charge in [0, 0.05) is 45.4 Å². The predicted octanol–water partition coefficient (Wildman–Crippen LogP) is 6.40. The van der Waals surface area contributed by atoms with E-state index in [4.69, 9.17) is 9.05 Å². The molecule has 0 spiro atoms. The molecule has 0 saturated heterocycles. The summed E-state index contributed by atoms with van der Waals surface area (Å²) < 4.78 is 21.8. The van der Waals surface area contributed by atoms with Gasteiger partial charge in [-0.05, 0) is 12.8 Å². The smallest absolute Gasteiger partial charge is 0.119 e. The largest absolute Gasteiger partial charge is 0.697 e. The summed E-state index contributed by atoms with van der Waals surface area (Å²) in [7, 11) is -1.89. The Balaban J connectivity index is 0. The number of hydrogen-bond donors (Lipinski definition) is 0. The van der Waals surface area contributed by atoms with Crippen molar-refractivity contribution in [2.24, 2.45) is 0 Å². The average Bonchev–Trinajstić information content (AvgIpc) is 2.45. The van der Waals surface area contributed by atoms with Crippen LogP contribution in [-0.4, -0.2) is 13.2 Å². The van der Waals surface area contributed by atoms with Crippen LogP contribution in [0.15, 0.2) is 0 Å². The van der Waals surface area contributed by atoms with Gasteiger partial charge in [-0.15, -0.1) is 9.05 Å². The van der Waals surface area contributed by atoms with Crippen LogP contribution in [0.2, 0.25) is 0 Å². The van der Waals surface area contributed by atoms with Gasteiger partial charge >= 0.3 is 8.25 Å². The number of rotatable bonds is 16. The van der Waals surface area contributed by atoms with Gasteiger partial charge in [0.1, 0.15) is 13.2 Å². The summed E-state index contributed by atoms with van der Waals surface area (Å²) in [6.45, 7) is 5.57. The van der Waals surface area contributed by atoms with E-state index in [-0.39, 0.29) is 40.8 Å². The first-order chi connectivity index (χ1) is 9.81. The second kappa shape index (κ2) is 21.4. The molecule has 0 aliphatic carbocycles. The molecule has 5 heteroatoms. The minimum absolute atomic E-state index is 0. The maximum absolute atomic E-state index is 11.4. The standard InChI is InChI=1S/C16H34O3P.Nd/c1-3-5-7-9-11-13-15-18-20(17)19-16-14-12-10-8-6-4-2;/h3-16H2,1-2H3;/q+1;. The quantitative estimate of drug-likeness (QED) is 0.202. The summed E-state index contributed by atoms with van der Waals surface area (Å²) in [5, 5.41) is 0. The van der Waals surface area contributed by atoms with Crippen molar-refractivity contribution in [1.29, 1.82) is 0 Å². The van der Waals surface area contributed by atoms with Crippen LogP contribution < -0.4 is 0 Å². The summed E-state index contributed by atoms with van der Waals surface area (Å²) in [5.74, 6) is 0. The molecule has 0 radical (unpaired) electrons. The van der Waals surface area contributed by atoms with Crippen molar-refractivity contribution >= 4 is 8.25 Å². The minimum Gasteiger partial charge on any atom is -0.119 e. The number of unbranched alkanes of at least 4 members (excludes halogenated alkanes) is 10. The van der Waals surface area contributed by atoms with E-state index in [1.807, 2.05) is 0 Å². The van der Waals surface area contributed by atoms with E-state index in [0.29, 0.717) is 13.2 Å². The van der Waals surface area contributed by atoms with Gasteiger partial charge in [0.2, 0.25) is 0 Å². The molecule has 0 bridgehead atoms. The molecule has 0 aliphatic rings. The zero-order valence-electron chi connectivity index (χ0n) is 14.1. The average molecular weight is 450 g/mol. The van der Waals surface area contributed by atoms with Gasteiger partial charge in [-0.3, -0.25) is 0 Å². The van der Waals surface area contributed by atoms with Gasteiger partial charge < -0.3 is 0 Å². The topological polar surface area (TPSA) is 35.5 Å². The SMILES string of the molecule is CCCCCCCCO[P+](=O)OCCCCCCCC.[Nd]. The van der Waals surface area contributed by atoms with Crippen LogP contribution in [0.3, 0.4) is 0 Å². The Morgan fingerprint density at radius 2 is 0.952 bits per heavy atom. The molecular formula is C16H34NdO3P+. The van der Waals surface area contributed by atoms with Crippen molar-refractivity contribution in [3.8, 4) is 0 Å². The zero-order chi connectivity index (χ0) is 14.9. The molecular weight excluding hydrogens is 415 g/mol. The summed E-state index contributed by atoms with van der Waals surface area (Å²) in [5.41, 5.74) is 0. The molecule has 0 heterocycles. The van der Waals surface area contributed by atoms with Gasteiger partial charge in [0.15, 0.2) is 0 Å². The van der Waals surface area contributed by atoms with Crippen molar-refractivity contribution in [3.05, 3.63) is 0 Å². The molecule has 0 aliphatic heterocycles. The molecule has 0 unspecified atom stereocenters. The van der Waals surface area contributed by atoms with E-state index < -0.39 is 8.25 Å². The van der Waals surface area contributed by atoms with Gasteiger partial charge in [0.05, 0.1) is 0 Å². The molecule has 21 heavy (non-hydrogen) atoms. The fraction of sp³-hybridized carbons (Fsp3) is 1.00. The Morgan fingerprint density at radius 1 is 0.619 bits per heavy atom. The van der Waals surface area contributed by atoms with Crippen molar-refractivity contribution in [2.75, 3.05) is 13.2 Å². The Labute approximate surface area is 165 Å². The molecule has 0 amide bonds. The van der Waals surface area contributed by atoms with Crippen LogP contribution >= 0.6 is 8.25 Å². The van der Waals surface area contributed by atoms with Crippen LogP contribution in [0.25, 0.3) is 0 Å². The van der Waals surface area contributed by atoms with Crippen molar-refractivity contribution in [3.63, 3.8) is 0 Å². The predicted molar refractivity (Wildman–Crippen MR) is 86.3 cm³/mol. The Bertz CT molecular complexity index is 196. The van der Waals surface area contributed by atoms with Gasteiger partial charge in [-0.2, -0.15) is 0 Å². The molecule has 0 N–H and O–H groups in total. The normalized spacial score (nSPS) is 10.4. The minimum atomic E-state index is -1.89. The van der Waals surface area contributed by atoms with Gasteiger partial charge in [-0.25, -0.2) is 0 Å². The monoisotopic (exact) mass is 447 g/mol. The molecule has 0 aromatic carbocycles. The molecule has 0 aromatic heterocycles. The maximum Gasteiger partial charge on any atom is 0.697 e. The van der Waals surface area contributed by atoms with E-state index in [2.05, 4.69) is 13.8 Å². The van der Waals surface area contributed by atoms with Crippen molar-refractivity contribution < 1.29 is 54.5 Å². The van der Waals surface area contributed by atoms with Crippen LogP contribution in [0.1, 0.15) is 90.9 Å². The van der Waals surface area contributed by atoms with Crippen LogP contribution in [0.5, 0.6) is 0 Å². The first-order valence-electron chi connectivity index (χ1n) is 8.54. The van der Waals surface area contributed by atoms with Gasteiger partial charge in [0.25, 0.3) is 0 Å². The zero-order valence-corrected chi connectivity index (χ0v) is 18.2. The summed E-state index contributed by atoms with van der Waals surface area (Å²) in [4.78, 5) is 0. The Kier molecular flexibility index (Phi) is 25.1. The van der Waals surface area contributed by atoms with E-state index in [9.17, 15) is 4.57 Å². The first-order valence-corrected chi connectivity index (χ1v) is 9.63. The molecule has 0 rings (SSSR count). The molecule has 124 valence electrons. The summed E-state index contributed by atoms with van der Waals surface area (Å²) >= 11 is 0. The second-order valence-electron chi connectivity index (χ2n) is 5.43. The molecule has 3 nitrogen and oxygen atoms in total. The molecule has 0 saturated carbocycles. The van der Waals surface area contributed by atoms with E-state index in [1.165, 1.54) is 64.2 Å². The summed E-state index contributed by atoms with van der Waals surface area (Å²) in [6, 6.07) is 0. The van der Waals surface area contributed by atoms with Crippen molar-refractivity contribution in [1.82, 2.24) is 0 Å². The van der Waals surface area contributed by atoms with E-state index in [0.717, 1.165) is 12.8 Å². The molecule has 0 aromatic rings. The third kappa shape index (κ3) is 21.4. The Morgan fingerprint density at radius 3 is 1.33 bits per heavy atom. The van der Waals surface area contributed by atoms with Crippen LogP contribution in [-0.2, 0) is 13.6 Å². The molecule has 0 atom stereocenters.